The summed E-state index contributed by atoms with van der Waals surface area (Å²) >= 11 is 0. The molecule has 0 aliphatic carbocycles. The Morgan fingerprint density at radius 1 is 1.03 bits per heavy atom. The van der Waals surface area contributed by atoms with Crippen molar-refractivity contribution in [2.45, 2.75) is 6.54 Å². The van der Waals surface area contributed by atoms with Crippen LogP contribution in [0.15, 0.2) is 81.4 Å². The number of aromatic nitrogens is 6. The maximum Gasteiger partial charge on any atom is 0.297 e. The van der Waals surface area contributed by atoms with E-state index in [1.807, 2.05) is 18.2 Å². The number of para-hydroxylation sites is 3. The number of carbonyl (C=O) groups is 1. The lowest BCUT2D eigenvalue weighted by Gasteiger charge is -2.12. The topological polar surface area (TPSA) is 141 Å². The summed E-state index contributed by atoms with van der Waals surface area (Å²) in [5, 5.41) is 8.10. The van der Waals surface area contributed by atoms with Crippen molar-refractivity contribution in [2.75, 3.05) is 5.32 Å². The number of benzene rings is 2. The maximum atomic E-state index is 12.9. The molecule has 6 rings (SSSR count). The first-order valence-electron chi connectivity index (χ1n) is 10.3. The molecule has 0 saturated heterocycles. The summed E-state index contributed by atoms with van der Waals surface area (Å²) in [4.78, 5) is 48.8. The van der Waals surface area contributed by atoms with E-state index in [0.717, 1.165) is 5.39 Å². The maximum absolute atomic E-state index is 12.9. The van der Waals surface area contributed by atoms with Gasteiger partial charge in [0, 0.05) is 5.39 Å². The normalized spacial score (nSPS) is 11.4. The molecule has 11 heteroatoms. The van der Waals surface area contributed by atoms with Crippen molar-refractivity contribution in [2.24, 2.45) is 0 Å². The molecule has 0 aliphatic heterocycles. The average molecular weight is 453 g/mol. The predicted molar refractivity (Wildman–Crippen MR) is 124 cm³/mol. The number of hydrogen-bond acceptors (Lipinski definition) is 7. The van der Waals surface area contributed by atoms with E-state index in [4.69, 9.17) is 4.42 Å². The molecule has 0 saturated carbocycles. The molecule has 0 fully saturated rings. The fraction of sp³-hybridized carbons (Fsp3) is 0.0435. The summed E-state index contributed by atoms with van der Waals surface area (Å²) in [7, 11) is 0. The Bertz CT molecular complexity index is 1840. The molecule has 1 amide bonds. The van der Waals surface area contributed by atoms with Crippen LogP contribution in [0, 0.1) is 0 Å². The van der Waals surface area contributed by atoms with Crippen LogP contribution in [0.1, 0.15) is 0 Å². The summed E-state index contributed by atoms with van der Waals surface area (Å²) in [6, 6.07) is 14.2. The first-order valence-corrected chi connectivity index (χ1v) is 10.3. The van der Waals surface area contributed by atoms with Crippen molar-refractivity contribution in [3.63, 3.8) is 0 Å². The third-order valence-corrected chi connectivity index (χ3v) is 5.44. The summed E-state index contributed by atoms with van der Waals surface area (Å²) in [6.45, 7) is -0.273. The Hall–Kier alpha value is -5.06. The Morgan fingerprint density at radius 3 is 2.76 bits per heavy atom. The van der Waals surface area contributed by atoms with E-state index in [9.17, 15) is 14.4 Å². The number of nitrogens with one attached hydrogen (secondary N) is 2. The van der Waals surface area contributed by atoms with Gasteiger partial charge in [0.1, 0.15) is 23.0 Å². The molecular formula is C23H15N7O4. The van der Waals surface area contributed by atoms with Crippen molar-refractivity contribution >= 4 is 44.7 Å². The van der Waals surface area contributed by atoms with Gasteiger partial charge in [-0.15, -0.1) is 0 Å². The second-order valence-electron chi connectivity index (χ2n) is 7.54. The molecule has 0 atom stereocenters. The van der Waals surface area contributed by atoms with E-state index in [-0.39, 0.29) is 17.7 Å². The Kier molecular flexibility index (Phi) is 4.34. The number of fused-ring (bicyclic) bond motifs is 4. The van der Waals surface area contributed by atoms with Gasteiger partial charge in [0.05, 0.1) is 30.2 Å². The second kappa shape index (κ2) is 7.52. The Morgan fingerprint density at radius 2 is 1.85 bits per heavy atom. The van der Waals surface area contributed by atoms with Crippen LogP contribution in [0.3, 0.4) is 0 Å². The Balaban J connectivity index is 1.33. The quantitative estimate of drug-likeness (QED) is 0.417. The molecule has 34 heavy (non-hydrogen) atoms. The fourth-order valence-electron chi connectivity index (χ4n) is 3.87. The minimum absolute atomic E-state index is 0.0937. The van der Waals surface area contributed by atoms with E-state index >= 15 is 0 Å². The zero-order valence-electron chi connectivity index (χ0n) is 17.4. The van der Waals surface area contributed by atoms with Gasteiger partial charge in [-0.3, -0.25) is 19.0 Å². The summed E-state index contributed by atoms with van der Waals surface area (Å²) < 4.78 is 8.32. The van der Waals surface area contributed by atoms with Crippen LogP contribution in [0.4, 0.5) is 5.69 Å². The van der Waals surface area contributed by atoms with Crippen LogP contribution in [0.5, 0.6) is 0 Å². The molecule has 4 aromatic heterocycles. The standard InChI is InChI=1S/C23H15N7O4/c31-18(10-29-12-26-19-13-5-1-4-8-17(13)34-20(19)23(29)33)28-15-6-2-3-7-16(15)30-21-14(9-27-30)22(32)25-11-24-21/h1-9,11-12H,10H2,(H,28,31)(H,24,25,32). The number of amides is 1. The molecule has 166 valence electrons. The largest absolute Gasteiger partial charge is 0.448 e. The highest BCUT2D eigenvalue weighted by molar-refractivity contribution is 6.02. The van der Waals surface area contributed by atoms with Gasteiger partial charge in [-0.25, -0.2) is 14.6 Å². The number of furan rings is 1. The lowest BCUT2D eigenvalue weighted by molar-refractivity contribution is -0.116. The monoisotopic (exact) mass is 453 g/mol. The molecule has 2 N–H and O–H groups in total. The van der Waals surface area contributed by atoms with E-state index in [0.29, 0.717) is 33.5 Å². The van der Waals surface area contributed by atoms with Crippen molar-refractivity contribution in [3.8, 4) is 5.69 Å². The van der Waals surface area contributed by atoms with Gasteiger partial charge in [0.15, 0.2) is 5.65 Å². The minimum atomic E-state index is -0.453. The summed E-state index contributed by atoms with van der Waals surface area (Å²) in [5.74, 6) is -0.450. The molecule has 0 aliphatic rings. The van der Waals surface area contributed by atoms with Gasteiger partial charge in [0.25, 0.3) is 11.1 Å². The molecule has 0 radical (unpaired) electrons. The minimum Gasteiger partial charge on any atom is -0.448 e. The Labute approximate surface area is 189 Å². The molecule has 0 bridgehead atoms. The first kappa shape index (κ1) is 19.6. The zero-order chi connectivity index (χ0) is 23.2. The number of H-pyrrole nitrogens is 1. The first-order chi connectivity index (χ1) is 16.6. The van der Waals surface area contributed by atoms with E-state index in [1.54, 1.807) is 30.3 Å². The van der Waals surface area contributed by atoms with Crippen molar-refractivity contribution in [3.05, 3.63) is 88.1 Å². The third kappa shape index (κ3) is 3.06. The van der Waals surface area contributed by atoms with Gasteiger partial charge in [-0.05, 0) is 24.3 Å². The lowest BCUT2D eigenvalue weighted by atomic mass is 10.2. The SMILES string of the molecule is O=C(Cn1cnc2c(oc3ccccc32)c1=O)Nc1ccccc1-n1ncc2c(=O)[nH]cnc21. The van der Waals surface area contributed by atoms with E-state index in [2.05, 4.69) is 25.4 Å². The second-order valence-corrected chi connectivity index (χ2v) is 7.54. The van der Waals surface area contributed by atoms with Crippen LogP contribution in [0.25, 0.3) is 38.8 Å². The van der Waals surface area contributed by atoms with Crippen molar-refractivity contribution in [1.82, 2.24) is 29.3 Å². The molecule has 0 unspecified atom stereocenters. The van der Waals surface area contributed by atoms with Gasteiger partial charge in [0.2, 0.25) is 11.5 Å². The molecular weight excluding hydrogens is 438 g/mol. The van der Waals surface area contributed by atoms with Crippen LogP contribution in [0.2, 0.25) is 0 Å². The van der Waals surface area contributed by atoms with E-state index in [1.165, 1.54) is 28.1 Å². The number of anilines is 1. The van der Waals surface area contributed by atoms with Crippen LogP contribution < -0.4 is 16.4 Å². The highest BCUT2D eigenvalue weighted by Crippen LogP contribution is 2.24. The highest BCUT2D eigenvalue weighted by atomic mass is 16.3. The zero-order valence-corrected chi connectivity index (χ0v) is 17.4. The highest BCUT2D eigenvalue weighted by Gasteiger charge is 2.17. The smallest absolute Gasteiger partial charge is 0.297 e. The number of nitrogens with zero attached hydrogens (tertiary/aromatic N) is 5. The van der Waals surface area contributed by atoms with Crippen LogP contribution in [-0.4, -0.2) is 35.2 Å². The molecule has 0 spiro atoms. The molecule has 4 heterocycles. The summed E-state index contributed by atoms with van der Waals surface area (Å²) in [5.41, 5.74) is 1.63. The lowest BCUT2D eigenvalue weighted by Crippen LogP contribution is -2.28. The van der Waals surface area contributed by atoms with E-state index < -0.39 is 11.5 Å². The number of rotatable bonds is 4. The fourth-order valence-corrected chi connectivity index (χ4v) is 3.87. The summed E-state index contributed by atoms with van der Waals surface area (Å²) in [6.07, 6.45) is 4.03. The van der Waals surface area contributed by atoms with Crippen LogP contribution in [-0.2, 0) is 11.3 Å². The van der Waals surface area contributed by atoms with Gasteiger partial charge in [-0.2, -0.15) is 5.10 Å². The number of carbonyl (C=O) groups excluding carboxylic acids is 1. The van der Waals surface area contributed by atoms with Gasteiger partial charge < -0.3 is 14.7 Å². The molecule has 11 nitrogen and oxygen atoms in total. The number of hydrogen-bond donors (Lipinski definition) is 2. The van der Waals surface area contributed by atoms with Gasteiger partial charge >= 0.3 is 0 Å². The molecule has 6 aromatic rings. The molecule has 2 aromatic carbocycles. The predicted octanol–water partition coefficient (Wildman–Crippen LogP) is 2.20. The van der Waals surface area contributed by atoms with Crippen LogP contribution >= 0.6 is 0 Å². The average Bonchev–Trinajstić information content (AvgIpc) is 3.44. The third-order valence-electron chi connectivity index (χ3n) is 5.44. The van der Waals surface area contributed by atoms with Gasteiger partial charge in [-0.1, -0.05) is 24.3 Å². The number of aromatic amines is 1. The van der Waals surface area contributed by atoms with Crippen molar-refractivity contribution in [1.29, 1.82) is 0 Å². The van der Waals surface area contributed by atoms with Crippen molar-refractivity contribution < 1.29 is 9.21 Å².